The standard InChI is InChI=1S/C20H24N2O4/c1-13(2)22(11-18(23)24)20(25)17-8-14(3)19(15(4)9-17)26-12-16-6-5-7-21-10-16/h5-10,13H,11-12H2,1-4H3,(H,23,24). The fourth-order valence-electron chi connectivity index (χ4n) is 2.74. The van der Waals surface area contributed by atoms with Crippen molar-refractivity contribution in [1.82, 2.24) is 9.88 Å². The third kappa shape index (κ3) is 4.81. The number of aryl methyl sites for hydroxylation is 2. The SMILES string of the molecule is Cc1cc(C(=O)N(CC(=O)O)C(C)C)cc(C)c1OCc1cccnc1. The minimum absolute atomic E-state index is 0.208. The minimum Gasteiger partial charge on any atom is -0.488 e. The van der Waals surface area contributed by atoms with Crippen molar-refractivity contribution in [2.45, 2.75) is 40.3 Å². The summed E-state index contributed by atoms with van der Waals surface area (Å²) in [5, 5.41) is 9.04. The second kappa shape index (κ2) is 8.47. The molecule has 2 aromatic rings. The van der Waals surface area contributed by atoms with E-state index >= 15 is 0 Å². The smallest absolute Gasteiger partial charge is 0.323 e. The number of rotatable bonds is 7. The Bertz CT molecular complexity index is 765. The summed E-state index contributed by atoms with van der Waals surface area (Å²) in [6.07, 6.45) is 3.45. The van der Waals surface area contributed by atoms with Gasteiger partial charge in [-0.1, -0.05) is 6.07 Å². The summed E-state index contributed by atoms with van der Waals surface area (Å²) >= 11 is 0. The lowest BCUT2D eigenvalue weighted by Gasteiger charge is -2.25. The number of benzene rings is 1. The molecule has 0 fully saturated rings. The molecular formula is C20H24N2O4. The predicted molar refractivity (Wildman–Crippen MR) is 98.3 cm³/mol. The Morgan fingerprint density at radius 1 is 1.23 bits per heavy atom. The molecule has 0 aliphatic carbocycles. The zero-order chi connectivity index (χ0) is 19.3. The van der Waals surface area contributed by atoms with Crippen LogP contribution in [-0.2, 0) is 11.4 Å². The molecule has 0 atom stereocenters. The molecule has 0 radical (unpaired) electrons. The molecule has 0 saturated heterocycles. The number of carboxylic acid groups (broad SMARTS) is 1. The van der Waals surface area contributed by atoms with E-state index in [1.807, 2.05) is 26.0 Å². The first-order chi connectivity index (χ1) is 12.3. The van der Waals surface area contributed by atoms with E-state index in [9.17, 15) is 9.59 Å². The zero-order valence-corrected chi connectivity index (χ0v) is 15.5. The molecule has 0 saturated carbocycles. The van der Waals surface area contributed by atoms with Crippen LogP contribution in [0.1, 0.15) is 40.9 Å². The molecule has 0 aliphatic rings. The maximum absolute atomic E-state index is 12.7. The monoisotopic (exact) mass is 356 g/mol. The number of aromatic nitrogens is 1. The first-order valence-electron chi connectivity index (χ1n) is 8.45. The number of amides is 1. The van der Waals surface area contributed by atoms with Gasteiger partial charge in [0, 0.05) is 29.6 Å². The second-order valence-electron chi connectivity index (χ2n) is 6.51. The van der Waals surface area contributed by atoms with Crippen LogP contribution in [0.2, 0.25) is 0 Å². The Morgan fingerprint density at radius 3 is 2.38 bits per heavy atom. The molecule has 26 heavy (non-hydrogen) atoms. The van der Waals surface area contributed by atoms with Crippen LogP contribution in [0, 0.1) is 13.8 Å². The Kier molecular flexibility index (Phi) is 6.33. The molecule has 1 amide bonds. The van der Waals surface area contributed by atoms with Crippen molar-refractivity contribution < 1.29 is 19.4 Å². The van der Waals surface area contributed by atoms with Crippen LogP contribution in [0.3, 0.4) is 0 Å². The van der Waals surface area contributed by atoms with Crippen LogP contribution in [-0.4, -0.2) is 39.5 Å². The lowest BCUT2D eigenvalue weighted by molar-refractivity contribution is -0.138. The van der Waals surface area contributed by atoms with Crippen molar-refractivity contribution in [3.8, 4) is 5.75 Å². The summed E-state index contributed by atoms with van der Waals surface area (Å²) < 4.78 is 5.90. The molecule has 6 heteroatoms. The van der Waals surface area contributed by atoms with E-state index in [2.05, 4.69) is 4.98 Å². The molecular weight excluding hydrogens is 332 g/mol. The van der Waals surface area contributed by atoms with Crippen molar-refractivity contribution in [1.29, 1.82) is 0 Å². The van der Waals surface area contributed by atoms with Gasteiger partial charge in [0.15, 0.2) is 0 Å². The van der Waals surface area contributed by atoms with Gasteiger partial charge in [0.2, 0.25) is 0 Å². The van der Waals surface area contributed by atoms with Gasteiger partial charge >= 0.3 is 5.97 Å². The number of aliphatic carboxylic acids is 1. The summed E-state index contributed by atoms with van der Waals surface area (Å²) in [7, 11) is 0. The molecule has 1 heterocycles. The molecule has 138 valence electrons. The van der Waals surface area contributed by atoms with E-state index in [-0.39, 0.29) is 18.5 Å². The molecule has 1 aromatic heterocycles. The number of carbonyl (C=O) groups is 2. The molecule has 1 aromatic carbocycles. The van der Waals surface area contributed by atoms with Crippen molar-refractivity contribution in [2.24, 2.45) is 0 Å². The summed E-state index contributed by atoms with van der Waals surface area (Å²) in [4.78, 5) is 29.2. The number of nitrogens with zero attached hydrogens (tertiary/aromatic N) is 2. The molecule has 0 bridgehead atoms. The van der Waals surface area contributed by atoms with Gasteiger partial charge in [-0.2, -0.15) is 0 Å². The molecule has 1 N–H and O–H groups in total. The van der Waals surface area contributed by atoms with Crippen molar-refractivity contribution >= 4 is 11.9 Å². The van der Waals surface area contributed by atoms with E-state index in [0.29, 0.717) is 12.2 Å². The first-order valence-corrected chi connectivity index (χ1v) is 8.45. The Morgan fingerprint density at radius 2 is 1.88 bits per heavy atom. The average molecular weight is 356 g/mol. The van der Waals surface area contributed by atoms with E-state index < -0.39 is 5.97 Å². The predicted octanol–water partition coefficient (Wildman–Crippen LogP) is 3.21. The van der Waals surface area contributed by atoms with Gasteiger partial charge in [-0.15, -0.1) is 0 Å². The lowest BCUT2D eigenvalue weighted by Crippen LogP contribution is -2.40. The van der Waals surface area contributed by atoms with Gasteiger partial charge in [-0.05, 0) is 57.0 Å². The number of hydrogen-bond acceptors (Lipinski definition) is 4. The van der Waals surface area contributed by atoms with E-state index in [0.717, 1.165) is 22.4 Å². The maximum atomic E-state index is 12.7. The summed E-state index contributed by atoms with van der Waals surface area (Å²) in [6, 6.07) is 7.06. The highest BCUT2D eigenvalue weighted by Crippen LogP contribution is 2.26. The van der Waals surface area contributed by atoms with Gasteiger partial charge < -0.3 is 14.7 Å². The molecule has 2 rings (SSSR count). The van der Waals surface area contributed by atoms with Crippen LogP contribution in [0.4, 0.5) is 0 Å². The summed E-state index contributed by atoms with van der Waals surface area (Å²) in [5.74, 6) is -0.607. The normalized spacial score (nSPS) is 10.7. The van der Waals surface area contributed by atoms with Crippen LogP contribution in [0.15, 0.2) is 36.7 Å². The number of carbonyl (C=O) groups excluding carboxylic acids is 1. The van der Waals surface area contributed by atoms with Crippen LogP contribution < -0.4 is 4.74 Å². The highest BCUT2D eigenvalue weighted by Gasteiger charge is 2.22. The van der Waals surface area contributed by atoms with E-state index in [1.165, 1.54) is 4.90 Å². The molecule has 0 spiro atoms. The average Bonchev–Trinajstić information content (AvgIpc) is 2.58. The van der Waals surface area contributed by atoms with E-state index in [1.54, 1.807) is 38.4 Å². The van der Waals surface area contributed by atoms with Gasteiger partial charge in [0.05, 0.1) is 0 Å². The third-order valence-corrected chi connectivity index (χ3v) is 4.00. The van der Waals surface area contributed by atoms with Crippen molar-refractivity contribution in [3.05, 3.63) is 58.9 Å². The highest BCUT2D eigenvalue weighted by atomic mass is 16.5. The Hall–Kier alpha value is -2.89. The largest absolute Gasteiger partial charge is 0.488 e. The first kappa shape index (κ1) is 19.4. The fraction of sp³-hybridized carbons (Fsp3) is 0.350. The number of carboxylic acids is 1. The summed E-state index contributed by atoms with van der Waals surface area (Å²) in [6.45, 7) is 7.41. The highest BCUT2D eigenvalue weighted by molar-refractivity contribution is 5.96. The lowest BCUT2D eigenvalue weighted by atomic mass is 10.0. The molecule has 0 aliphatic heterocycles. The van der Waals surface area contributed by atoms with Crippen LogP contribution in [0.25, 0.3) is 0 Å². The maximum Gasteiger partial charge on any atom is 0.323 e. The molecule has 0 unspecified atom stereocenters. The van der Waals surface area contributed by atoms with Gasteiger partial charge in [0.1, 0.15) is 18.9 Å². The van der Waals surface area contributed by atoms with Crippen molar-refractivity contribution in [2.75, 3.05) is 6.54 Å². The number of ether oxygens (including phenoxy) is 1. The number of pyridine rings is 1. The quantitative estimate of drug-likeness (QED) is 0.824. The van der Waals surface area contributed by atoms with Crippen LogP contribution in [0.5, 0.6) is 5.75 Å². The summed E-state index contributed by atoms with van der Waals surface area (Å²) in [5.41, 5.74) is 3.08. The Labute approximate surface area is 153 Å². The fourth-order valence-corrected chi connectivity index (χ4v) is 2.74. The van der Waals surface area contributed by atoms with Gasteiger partial charge in [0.25, 0.3) is 5.91 Å². The zero-order valence-electron chi connectivity index (χ0n) is 15.5. The third-order valence-electron chi connectivity index (χ3n) is 4.00. The van der Waals surface area contributed by atoms with Crippen LogP contribution >= 0.6 is 0 Å². The van der Waals surface area contributed by atoms with Crippen molar-refractivity contribution in [3.63, 3.8) is 0 Å². The molecule has 6 nitrogen and oxygen atoms in total. The van der Waals surface area contributed by atoms with E-state index in [4.69, 9.17) is 9.84 Å². The number of hydrogen-bond donors (Lipinski definition) is 1. The topological polar surface area (TPSA) is 79.7 Å². The second-order valence-corrected chi connectivity index (χ2v) is 6.51. The minimum atomic E-state index is -1.03. The van der Waals surface area contributed by atoms with Gasteiger partial charge in [-0.25, -0.2) is 0 Å². The van der Waals surface area contributed by atoms with Gasteiger partial charge in [-0.3, -0.25) is 14.6 Å². The Balaban J connectivity index is 2.22.